The Morgan fingerprint density at radius 2 is 1.48 bits per heavy atom. The van der Waals surface area contributed by atoms with E-state index in [1.54, 1.807) is 54.6 Å². The molecular weight excluding hydrogens is 292 g/mol. The van der Waals surface area contributed by atoms with Crippen LogP contribution in [0.3, 0.4) is 0 Å². The van der Waals surface area contributed by atoms with Crippen LogP contribution in [0.25, 0.3) is 0 Å². The van der Waals surface area contributed by atoms with E-state index in [1.165, 1.54) is 0 Å². The molecule has 2 aromatic rings. The first-order chi connectivity index (χ1) is 11.1. The number of amides is 2. The summed E-state index contributed by atoms with van der Waals surface area (Å²) in [6.07, 6.45) is 0.124. The average molecular weight is 304 g/mol. The first-order valence-corrected chi connectivity index (χ1v) is 7.08. The number of benzene rings is 2. The van der Waals surface area contributed by atoms with Gasteiger partial charge >= 0.3 is 0 Å². The molecule has 0 fully saturated rings. The van der Waals surface area contributed by atoms with Crippen molar-refractivity contribution in [2.45, 2.75) is 12.5 Å². The van der Waals surface area contributed by atoms with Crippen molar-refractivity contribution in [2.75, 3.05) is 0 Å². The second kappa shape index (κ2) is 5.85. The molecular formula is C18H12N2O3. The number of nitriles is 1. The standard InChI is InChI=1S/C18H12N2O3/c19-11-16(21)15(10-12-6-2-1-3-7-12)20-17(22)13-8-4-5-9-14(13)18(20)23/h1-9,15H,10H2/t15-/m0/s1. The number of carbonyl (C=O) groups is 3. The number of carbonyl (C=O) groups excluding carboxylic acids is 3. The fourth-order valence-electron chi connectivity index (χ4n) is 2.70. The highest BCUT2D eigenvalue weighted by molar-refractivity contribution is 6.23. The van der Waals surface area contributed by atoms with Crippen LogP contribution >= 0.6 is 0 Å². The normalized spacial score (nSPS) is 14.3. The van der Waals surface area contributed by atoms with Crippen molar-refractivity contribution in [3.05, 3.63) is 71.3 Å². The van der Waals surface area contributed by atoms with Gasteiger partial charge in [0, 0.05) is 6.42 Å². The topological polar surface area (TPSA) is 78.2 Å². The van der Waals surface area contributed by atoms with Gasteiger partial charge in [-0.15, -0.1) is 0 Å². The Bertz CT molecular complexity index is 802. The second-order valence-electron chi connectivity index (χ2n) is 5.21. The first kappa shape index (κ1) is 14.7. The van der Waals surface area contributed by atoms with Crippen molar-refractivity contribution in [3.8, 4) is 6.07 Å². The van der Waals surface area contributed by atoms with Crippen LogP contribution in [0.1, 0.15) is 26.3 Å². The molecule has 0 saturated heterocycles. The molecule has 2 aromatic carbocycles. The lowest BCUT2D eigenvalue weighted by Gasteiger charge is -2.22. The maximum atomic E-state index is 12.5. The second-order valence-corrected chi connectivity index (χ2v) is 5.21. The zero-order valence-corrected chi connectivity index (χ0v) is 12.1. The Labute approximate surface area is 132 Å². The molecule has 0 saturated carbocycles. The van der Waals surface area contributed by atoms with E-state index in [1.807, 2.05) is 6.07 Å². The summed E-state index contributed by atoms with van der Waals surface area (Å²) >= 11 is 0. The molecule has 5 heteroatoms. The van der Waals surface area contributed by atoms with Crippen LogP contribution in [0.15, 0.2) is 54.6 Å². The van der Waals surface area contributed by atoms with Gasteiger partial charge in [0.05, 0.1) is 11.1 Å². The molecule has 1 heterocycles. The van der Waals surface area contributed by atoms with E-state index in [4.69, 9.17) is 5.26 Å². The predicted octanol–water partition coefficient (Wildman–Crippen LogP) is 1.99. The van der Waals surface area contributed by atoms with E-state index in [2.05, 4.69) is 0 Å². The van der Waals surface area contributed by atoms with Gasteiger partial charge in [-0.3, -0.25) is 19.3 Å². The summed E-state index contributed by atoms with van der Waals surface area (Å²) in [4.78, 5) is 37.9. The molecule has 2 amide bonds. The molecule has 1 aliphatic rings. The van der Waals surface area contributed by atoms with Crippen LogP contribution in [-0.2, 0) is 11.2 Å². The zero-order chi connectivity index (χ0) is 16.4. The van der Waals surface area contributed by atoms with E-state index < -0.39 is 23.6 Å². The summed E-state index contributed by atoms with van der Waals surface area (Å²) in [6, 6.07) is 15.8. The fourth-order valence-corrected chi connectivity index (χ4v) is 2.70. The number of imide groups is 1. The summed E-state index contributed by atoms with van der Waals surface area (Å²) in [5.74, 6) is -1.87. The van der Waals surface area contributed by atoms with Crippen LogP contribution < -0.4 is 0 Å². The molecule has 0 bridgehead atoms. The van der Waals surface area contributed by atoms with Crippen LogP contribution in [0.2, 0.25) is 0 Å². The number of nitrogens with zero attached hydrogens (tertiary/aromatic N) is 2. The van der Waals surface area contributed by atoms with E-state index in [9.17, 15) is 14.4 Å². The van der Waals surface area contributed by atoms with Gasteiger partial charge in [0.1, 0.15) is 12.1 Å². The molecule has 1 atom stereocenters. The lowest BCUT2D eigenvalue weighted by Crippen LogP contribution is -2.45. The van der Waals surface area contributed by atoms with Gasteiger partial charge in [0.2, 0.25) is 0 Å². The van der Waals surface area contributed by atoms with E-state index >= 15 is 0 Å². The zero-order valence-electron chi connectivity index (χ0n) is 12.1. The van der Waals surface area contributed by atoms with Crippen LogP contribution in [-0.4, -0.2) is 28.5 Å². The quantitative estimate of drug-likeness (QED) is 0.639. The molecule has 3 rings (SSSR count). The van der Waals surface area contributed by atoms with Crippen molar-refractivity contribution in [1.82, 2.24) is 4.90 Å². The third kappa shape index (κ3) is 2.51. The fraction of sp³-hybridized carbons (Fsp3) is 0.111. The van der Waals surface area contributed by atoms with Crippen molar-refractivity contribution in [3.63, 3.8) is 0 Å². The minimum Gasteiger partial charge on any atom is -0.280 e. The Hall–Kier alpha value is -3.26. The van der Waals surface area contributed by atoms with Gasteiger partial charge in [-0.25, -0.2) is 0 Å². The smallest absolute Gasteiger partial charge is 0.262 e. The Morgan fingerprint density at radius 1 is 0.957 bits per heavy atom. The predicted molar refractivity (Wildman–Crippen MR) is 81.5 cm³/mol. The third-order valence-corrected chi connectivity index (χ3v) is 3.82. The minimum absolute atomic E-state index is 0.124. The first-order valence-electron chi connectivity index (χ1n) is 7.08. The Kier molecular flexibility index (Phi) is 3.73. The molecule has 1 aliphatic heterocycles. The maximum Gasteiger partial charge on any atom is 0.262 e. The lowest BCUT2D eigenvalue weighted by molar-refractivity contribution is -0.117. The van der Waals surface area contributed by atoms with Crippen molar-refractivity contribution >= 4 is 17.6 Å². The summed E-state index contributed by atoms with van der Waals surface area (Å²) in [6.45, 7) is 0. The van der Waals surface area contributed by atoms with Gasteiger partial charge in [-0.05, 0) is 17.7 Å². The number of Topliss-reactive ketones (excluding diaryl/α,β-unsaturated/α-hetero) is 1. The number of rotatable bonds is 4. The number of hydrogen-bond donors (Lipinski definition) is 0. The maximum absolute atomic E-state index is 12.5. The number of ketones is 1. The molecule has 0 unspecified atom stereocenters. The summed E-state index contributed by atoms with van der Waals surface area (Å²) < 4.78 is 0. The lowest BCUT2D eigenvalue weighted by atomic mass is 10.0. The largest absolute Gasteiger partial charge is 0.280 e. The summed E-state index contributed by atoms with van der Waals surface area (Å²) in [5, 5.41) is 8.98. The molecule has 0 spiro atoms. The van der Waals surface area contributed by atoms with E-state index in [0.29, 0.717) is 0 Å². The summed E-state index contributed by atoms with van der Waals surface area (Å²) in [7, 11) is 0. The van der Waals surface area contributed by atoms with Crippen molar-refractivity contribution < 1.29 is 14.4 Å². The van der Waals surface area contributed by atoms with Crippen LogP contribution in [0.5, 0.6) is 0 Å². The van der Waals surface area contributed by atoms with Gasteiger partial charge in [-0.2, -0.15) is 5.26 Å². The van der Waals surface area contributed by atoms with E-state index in [-0.39, 0.29) is 17.5 Å². The van der Waals surface area contributed by atoms with Crippen LogP contribution in [0.4, 0.5) is 0 Å². The average Bonchev–Trinajstić information content (AvgIpc) is 2.85. The van der Waals surface area contributed by atoms with E-state index in [0.717, 1.165) is 10.5 Å². The van der Waals surface area contributed by atoms with Crippen molar-refractivity contribution in [2.24, 2.45) is 0 Å². The Balaban J connectivity index is 1.99. The SMILES string of the molecule is N#CC(=O)[C@H](Cc1ccccc1)N1C(=O)c2ccccc2C1=O. The highest BCUT2D eigenvalue weighted by atomic mass is 16.2. The molecule has 0 aromatic heterocycles. The number of fused-ring (bicyclic) bond motifs is 1. The molecule has 5 nitrogen and oxygen atoms in total. The van der Waals surface area contributed by atoms with Crippen LogP contribution in [0, 0.1) is 11.3 Å². The van der Waals surface area contributed by atoms with Gasteiger partial charge in [-0.1, -0.05) is 42.5 Å². The molecule has 0 N–H and O–H groups in total. The molecule has 23 heavy (non-hydrogen) atoms. The highest BCUT2D eigenvalue weighted by Crippen LogP contribution is 2.26. The van der Waals surface area contributed by atoms with Gasteiger partial charge in [0.15, 0.2) is 0 Å². The summed E-state index contributed by atoms with van der Waals surface area (Å²) in [5.41, 5.74) is 1.31. The number of hydrogen-bond acceptors (Lipinski definition) is 4. The van der Waals surface area contributed by atoms with Gasteiger partial charge in [0.25, 0.3) is 17.6 Å². The minimum atomic E-state index is -1.12. The third-order valence-electron chi connectivity index (χ3n) is 3.82. The van der Waals surface area contributed by atoms with Crippen molar-refractivity contribution in [1.29, 1.82) is 5.26 Å². The molecule has 0 radical (unpaired) electrons. The highest BCUT2D eigenvalue weighted by Gasteiger charge is 2.42. The Morgan fingerprint density at radius 3 is 2.00 bits per heavy atom. The molecule has 112 valence electrons. The molecule has 0 aliphatic carbocycles. The monoisotopic (exact) mass is 304 g/mol. The van der Waals surface area contributed by atoms with Gasteiger partial charge < -0.3 is 0 Å².